The largest absolute Gasteiger partial charge is 0.363 e. The Balaban J connectivity index is 1.66. The number of rotatable bonds is 6. The molecule has 2 heterocycles. The number of carbonyl (C=O) groups is 1. The summed E-state index contributed by atoms with van der Waals surface area (Å²) in [6.07, 6.45) is 1.15. The van der Waals surface area contributed by atoms with Crippen molar-refractivity contribution in [3.05, 3.63) is 28.3 Å². The second-order valence-corrected chi connectivity index (χ2v) is 12.5. The van der Waals surface area contributed by atoms with Crippen molar-refractivity contribution < 1.29 is 18.1 Å². The van der Waals surface area contributed by atoms with Crippen LogP contribution in [0.2, 0.25) is 0 Å². The van der Waals surface area contributed by atoms with Gasteiger partial charge >= 0.3 is 0 Å². The van der Waals surface area contributed by atoms with Crippen molar-refractivity contribution in [2.24, 2.45) is 11.8 Å². The number of amides is 1. The lowest BCUT2D eigenvalue weighted by atomic mass is 9.92. The van der Waals surface area contributed by atoms with Gasteiger partial charge in [-0.3, -0.25) is 19.8 Å². The van der Waals surface area contributed by atoms with Crippen molar-refractivity contribution in [3.63, 3.8) is 0 Å². The van der Waals surface area contributed by atoms with Crippen LogP contribution in [0.1, 0.15) is 41.0 Å². The van der Waals surface area contributed by atoms with E-state index in [-0.39, 0.29) is 16.5 Å². The lowest BCUT2D eigenvalue weighted by Crippen LogP contribution is -2.52. The first-order valence-corrected chi connectivity index (χ1v) is 13.3. The molecule has 0 radical (unpaired) electrons. The Labute approximate surface area is 202 Å². The minimum Gasteiger partial charge on any atom is -0.363 e. The van der Waals surface area contributed by atoms with E-state index < -0.39 is 20.5 Å². The summed E-state index contributed by atoms with van der Waals surface area (Å²) in [5, 5.41) is 11.8. The predicted molar refractivity (Wildman–Crippen MR) is 131 cm³/mol. The summed E-state index contributed by atoms with van der Waals surface area (Å²) in [6, 6.07) is 4.04. The summed E-state index contributed by atoms with van der Waals surface area (Å²) < 4.78 is 27.8. The molecule has 2 atom stereocenters. The topological polar surface area (TPSA) is 116 Å². The minimum absolute atomic E-state index is 0.132. The first kappa shape index (κ1) is 26.4. The first-order valence-electron chi connectivity index (χ1n) is 11.8. The lowest BCUT2D eigenvalue weighted by Gasteiger charge is -2.38. The van der Waals surface area contributed by atoms with Gasteiger partial charge in [0.25, 0.3) is 5.69 Å². The molecule has 190 valence electrons. The second kappa shape index (κ2) is 10.2. The van der Waals surface area contributed by atoms with E-state index in [0.29, 0.717) is 50.2 Å². The number of sulfonamides is 1. The van der Waals surface area contributed by atoms with Crippen molar-refractivity contribution in [2.75, 3.05) is 50.7 Å². The van der Waals surface area contributed by atoms with Crippen molar-refractivity contribution in [2.45, 2.75) is 51.5 Å². The van der Waals surface area contributed by atoms with Crippen LogP contribution in [0.15, 0.2) is 23.1 Å². The molecule has 0 spiro atoms. The zero-order valence-corrected chi connectivity index (χ0v) is 21.6. The van der Waals surface area contributed by atoms with Gasteiger partial charge in [-0.2, -0.15) is 0 Å². The predicted octanol–water partition coefficient (Wildman–Crippen LogP) is 2.30. The van der Waals surface area contributed by atoms with Gasteiger partial charge < -0.3 is 9.80 Å². The standard InChI is InChI=1S/C23H37N5O5S/c1-17-12-18(2)15-27(14-17)22(29)16-25-8-10-26(11-9-25)20-7-6-19(13-21(20)28(30)31)34(32,33)24-23(3,4)5/h6-7,13,17-18,24H,8-12,14-16H2,1-5H3. The molecular formula is C23H37N5O5S. The maximum atomic E-state index is 12.8. The highest BCUT2D eigenvalue weighted by atomic mass is 32.2. The van der Waals surface area contributed by atoms with E-state index in [1.807, 2.05) is 9.80 Å². The summed E-state index contributed by atoms with van der Waals surface area (Å²) in [7, 11) is -3.89. The van der Waals surface area contributed by atoms with Crippen LogP contribution < -0.4 is 9.62 Å². The number of carbonyl (C=O) groups excluding carboxylic acids is 1. The number of piperazine rings is 1. The molecule has 34 heavy (non-hydrogen) atoms. The highest BCUT2D eigenvalue weighted by molar-refractivity contribution is 7.89. The van der Waals surface area contributed by atoms with E-state index >= 15 is 0 Å². The summed E-state index contributed by atoms with van der Waals surface area (Å²) in [4.78, 5) is 29.8. The third-order valence-corrected chi connectivity index (χ3v) is 7.94. The summed E-state index contributed by atoms with van der Waals surface area (Å²) in [5.74, 6) is 1.16. The maximum absolute atomic E-state index is 12.8. The molecular weight excluding hydrogens is 458 g/mol. The van der Waals surface area contributed by atoms with Gasteiger partial charge in [-0.05, 0) is 51.2 Å². The van der Waals surface area contributed by atoms with E-state index in [4.69, 9.17) is 0 Å². The summed E-state index contributed by atoms with van der Waals surface area (Å²) >= 11 is 0. The molecule has 3 rings (SSSR count). The molecule has 2 aliphatic heterocycles. The molecule has 1 N–H and O–H groups in total. The van der Waals surface area contributed by atoms with Gasteiger partial charge in [0.05, 0.1) is 16.4 Å². The Morgan fingerprint density at radius 3 is 2.24 bits per heavy atom. The lowest BCUT2D eigenvalue weighted by molar-refractivity contribution is -0.384. The number of anilines is 1. The molecule has 0 aliphatic carbocycles. The molecule has 2 saturated heterocycles. The molecule has 11 heteroatoms. The maximum Gasteiger partial charge on any atom is 0.293 e. The van der Waals surface area contributed by atoms with Crippen LogP contribution in [-0.2, 0) is 14.8 Å². The number of likely N-dealkylation sites (tertiary alicyclic amines) is 1. The van der Waals surface area contributed by atoms with Gasteiger partial charge in [0, 0.05) is 50.9 Å². The minimum atomic E-state index is -3.89. The number of nitrogens with zero attached hydrogens (tertiary/aromatic N) is 4. The highest BCUT2D eigenvalue weighted by Gasteiger charge is 2.30. The Hall–Kier alpha value is -2.24. The third-order valence-electron chi connectivity index (χ3n) is 6.19. The zero-order valence-electron chi connectivity index (χ0n) is 20.8. The van der Waals surface area contributed by atoms with Crippen LogP contribution in [-0.4, -0.2) is 80.4 Å². The van der Waals surface area contributed by atoms with Crippen molar-refractivity contribution in [1.29, 1.82) is 0 Å². The Morgan fingerprint density at radius 2 is 1.71 bits per heavy atom. The normalized spacial score (nSPS) is 22.6. The number of nitrogens with one attached hydrogen (secondary N) is 1. The molecule has 0 bridgehead atoms. The zero-order chi connectivity index (χ0) is 25.3. The first-order chi connectivity index (χ1) is 15.7. The smallest absolute Gasteiger partial charge is 0.293 e. The van der Waals surface area contributed by atoms with Crippen molar-refractivity contribution >= 4 is 27.3 Å². The van der Waals surface area contributed by atoms with E-state index in [0.717, 1.165) is 25.6 Å². The third kappa shape index (κ3) is 6.67. The van der Waals surface area contributed by atoms with Gasteiger partial charge in [0.15, 0.2) is 0 Å². The van der Waals surface area contributed by atoms with E-state index in [1.54, 1.807) is 20.8 Å². The Bertz CT molecular complexity index is 1010. The quantitative estimate of drug-likeness (QED) is 0.475. The molecule has 2 unspecified atom stereocenters. The SMILES string of the molecule is CC1CC(C)CN(C(=O)CN2CCN(c3ccc(S(=O)(=O)NC(C)(C)C)cc3[N+](=O)[O-])CC2)C1. The van der Waals surface area contributed by atoms with Gasteiger partial charge in [-0.25, -0.2) is 13.1 Å². The van der Waals surface area contributed by atoms with Crippen LogP contribution >= 0.6 is 0 Å². The number of nitro benzene ring substituents is 1. The van der Waals surface area contributed by atoms with E-state index in [9.17, 15) is 23.3 Å². The average molecular weight is 496 g/mol. The fourth-order valence-corrected chi connectivity index (χ4v) is 6.29. The summed E-state index contributed by atoms with van der Waals surface area (Å²) in [6.45, 7) is 13.7. The van der Waals surface area contributed by atoms with Crippen LogP contribution in [0.5, 0.6) is 0 Å². The van der Waals surface area contributed by atoms with E-state index in [1.165, 1.54) is 12.1 Å². The molecule has 0 aromatic heterocycles. The number of piperidine rings is 1. The molecule has 10 nitrogen and oxygen atoms in total. The molecule has 1 aromatic rings. The fourth-order valence-electron chi connectivity index (χ4n) is 4.85. The van der Waals surface area contributed by atoms with Crippen LogP contribution in [0.25, 0.3) is 0 Å². The molecule has 1 aromatic carbocycles. The van der Waals surface area contributed by atoms with Gasteiger partial charge in [-0.15, -0.1) is 0 Å². The van der Waals surface area contributed by atoms with Crippen molar-refractivity contribution in [3.8, 4) is 0 Å². The fraction of sp³-hybridized carbons (Fsp3) is 0.696. The Morgan fingerprint density at radius 1 is 1.12 bits per heavy atom. The van der Waals surface area contributed by atoms with Crippen LogP contribution in [0.3, 0.4) is 0 Å². The number of benzene rings is 1. The Kier molecular flexibility index (Phi) is 7.89. The number of nitro groups is 1. The van der Waals surface area contributed by atoms with E-state index in [2.05, 4.69) is 23.5 Å². The summed E-state index contributed by atoms with van der Waals surface area (Å²) in [5.41, 5.74) is -0.549. The van der Waals surface area contributed by atoms with Gasteiger partial charge in [-0.1, -0.05) is 13.8 Å². The molecule has 2 fully saturated rings. The highest BCUT2D eigenvalue weighted by Crippen LogP contribution is 2.32. The van der Waals surface area contributed by atoms with Gasteiger partial charge in [0.1, 0.15) is 5.69 Å². The molecule has 2 aliphatic rings. The van der Waals surface area contributed by atoms with Crippen molar-refractivity contribution in [1.82, 2.24) is 14.5 Å². The van der Waals surface area contributed by atoms with Crippen LogP contribution in [0, 0.1) is 22.0 Å². The van der Waals surface area contributed by atoms with Gasteiger partial charge in [0.2, 0.25) is 15.9 Å². The average Bonchev–Trinajstić information content (AvgIpc) is 2.71. The number of hydrogen-bond donors (Lipinski definition) is 1. The van der Waals surface area contributed by atoms with Crippen LogP contribution in [0.4, 0.5) is 11.4 Å². The molecule has 1 amide bonds. The molecule has 0 saturated carbocycles. The second-order valence-electron chi connectivity index (χ2n) is 10.8. The monoisotopic (exact) mass is 495 g/mol. The number of hydrogen-bond acceptors (Lipinski definition) is 7.